The quantitative estimate of drug-likeness (QED) is 0.180. The zero-order valence-electron chi connectivity index (χ0n) is 29.4. The van der Waals surface area contributed by atoms with Gasteiger partial charge < -0.3 is 4.57 Å². The van der Waals surface area contributed by atoms with Gasteiger partial charge in [-0.25, -0.2) is 9.97 Å². The van der Waals surface area contributed by atoms with Crippen molar-refractivity contribution < 1.29 is 0 Å². The Kier molecular flexibility index (Phi) is 6.67. The predicted molar refractivity (Wildman–Crippen MR) is 236 cm³/mol. The standard InChI is InChI=1S/C50H29N3S2/c1-2-12-30(13-3-1)32-15-10-16-33(28-32)45-49-46(40-19-7-9-23-43(40)54-49)52-50(51-45)34-25-26-37-39-20-11-22-42(48(39)55-44(37)29-34)53-41-21-8-6-18-36(41)38-27-24-31-14-4-5-17-35(31)47(38)53/h1-29H. The highest BCUT2D eigenvalue weighted by Crippen LogP contribution is 2.44. The number of rotatable bonds is 4. The molecule has 5 heteroatoms. The van der Waals surface area contributed by atoms with Crippen LogP contribution in [0.3, 0.4) is 0 Å². The molecule has 0 aliphatic carbocycles. The van der Waals surface area contributed by atoms with Gasteiger partial charge in [-0.05, 0) is 46.8 Å². The Labute approximate surface area is 324 Å². The third-order valence-electron chi connectivity index (χ3n) is 11.0. The van der Waals surface area contributed by atoms with Gasteiger partial charge in [0.05, 0.1) is 37.3 Å². The fraction of sp³-hybridized carbons (Fsp3) is 0. The molecule has 0 amide bonds. The van der Waals surface area contributed by atoms with E-state index < -0.39 is 0 Å². The molecule has 0 saturated carbocycles. The van der Waals surface area contributed by atoms with Gasteiger partial charge in [-0.15, -0.1) is 22.7 Å². The summed E-state index contributed by atoms with van der Waals surface area (Å²) in [5.74, 6) is 0.740. The molecule has 0 aliphatic rings. The molecule has 4 heterocycles. The molecule has 8 aromatic carbocycles. The molecule has 0 saturated heterocycles. The Morgan fingerprint density at radius 1 is 0.400 bits per heavy atom. The van der Waals surface area contributed by atoms with E-state index in [9.17, 15) is 0 Å². The molecular formula is C50H29N3S2. The summed E-state index contributed by atoms with van der Waals surface area (Å²) >= 11 is 3.62. The lowest BCUT2D eigenvalue weighted by Crippen LogP contribution is -1.94. The van der Waals surface area contributed by atoms with Gasteiger partial charge in [-0.2, -0.15) is 0 Å². The minimum absolute atomic E-state index is 0.740. The maximum atomic E-state index is 5.39. The smallest absolute Gasteiger partial charge is 0.160 e. The van der Waals surface area contributed by atoms with Crippen molar-refractivity contribution in [1.29, 1.82) is 0 Å². The number of thiophene rings is 2. The van der Waals surface area contributed by atoms with Crippen LogP contribution in [0, 0.1) is 0 Å². The predicted octanol–water partition coefficient (Wildman–Crippen LogP) is 14.5. The minimum atomic E-state index is 0.740. The average Bonchev–Trinajstić information content (AvgIpc) is 3.93. The zero-order valence-corrected chi connectivity index (χ0v) is 31.0. The summed E-state index contributed by atoms with van der Waals surface area (Å²) in [5, 5.41) is 8.71. The number of hydrogen-bond donors (Lipinski definition) is 0. The van der Waals surface area contributed by atoms with Crippen molar-refractivity contribution in [1.82, 2.24) is 14.5 Å². The number of benzene rings is 8. The Hall–Kier alpha value is -6.66. The molecule has 0 atom stereocenters. The molecule has 3 nitrogen and oxygen atoms in total. The third-order valence-corrected chi connectivity index (χ3v) is 13.4. The van der Waals surface area contributed by atoms with E-state index in [0.29, 0.717) is 0 Å². The van der Waals surface area contributed by atoms with Gasteiger partial charge in [-0.1, -0.05) is 146 Å². The van der Waals surface area contributed by atoms with Gasteiger partial charge in [0.25, 0.3) is 0 Å². The van der Waals surface area contributed by atoms with Crippen LogP contribution in [0.1, 0.15) is 0 Å². The van der Waals surface area contributed by atoms with E-state index in [1.54, 1.807) is 11.3 Å². The van der Waals surface area contributed by atoms with Crippen molar-refractivity contribution in [3.8, 4) is 39.5 Å². The molecule has 256 valence electrons. The number of hydrogen-bond acceptors (Lipinski definition) is 4. The third kappa shape index (κ3) is 4.67. The van der Waals surface area contributed by atoms with E-state index in [1.807, 2.05) is 11.3 Å². The molecule has 0 N–H and O–H groups in total. The average molecular weight is 736 g/mol. The van der Waals surface area contributed by atoms with Gasteiger partial charge in [0.15, 0.2) is 5.82 Å². The molecule has 0 unspecified atom stereocenters. The summed E-state index contributed by atoms with van der Waals surface area (Å²) in [6.07, 6.45) is 0. The van der Waals surface area contributed by atoms with Crippen molar-refractivity contribution in [3.63, 3.8) is 0 Å². The molecule has 0 radical (unpaired) electrons. The lowest BCUT2D eigenvalue weighted by atomic mass is 10.0. The van der Waals surface area contributed by atoms with E-state index >= 15 is 0 Å². The highest BCUT2D eigenvalue weighted by Gasteiger charge is 2.20. The Morgan fingerprint density at radius 3 is 2.04 bits per heavy atom. The zero-order chi connectivity index (χ0) is 36.0. The van der Waals surface area contributed by atoms with Crippen LogP contribution in [0.2, 0.25) is 0 Å². The molecule has 0 bridgehead atoms. The van der Waals surface area contributed by atoms with Crippen LogP contribution >= 0.6 is 22.7 Å². The van der Waals surface area contributed by atoms with Crippen LogP contribution < -0.4 is 0 Å². The number of para-hydroxylation sites is 1. The second-order valence-corrected chi connectivity index (χ2v) is 16.2. The van der Waals surface area contributed by atoms with Crippen LogP contribution in [0.4, 0.5) is 0 Å². The fourth-order valence-corrected chi connectivity index (χ4v) is 10.9. The molecular weight excluding hydrogens is 707 g/mol. The Morgan fingerprint density at radius 2 is 1.11 bits per heavy atom. The lowest BCUT2D eigenvalue weighted by Gasteiger charge is -2.11. The second kappa shape index (κ2) is 11.9. The van der Waals surface area contributed by atoms with Gasteiger partial charge >= 0.3 is 0 Å². The normalized spacial score (nSPS) is 12.0. The summed E-state index contributed by atoms with van der Waals surface area (Å²) in [4.78, 5) is 10.7. The molecule has 4 aromatic heterocycles. The second-order valence-electron chi connectivity index (χ2n) is 14.1. The van der Waals surface area contributed by atoms with Crippen molar-refractivity contribution in [3.05, 3.63) is 176 Å². The van der Waals surface area contributed by atoms with E-state index in [1.165, 1.54) is 74.3 Å². The molecule has 12 rings (SSSR count). The van der Waals surface area contributed by atoms with E-state index in [2.05, 4.69) is 180 Å². The van der Waals surface area contributed by atoms with E-state index in [0.717, 1.165) is 38.2 Å². The van der Waals surface area contributed by atoms with Crippen LogP contribution in [-0.4, -0.2) is 14.5 Å². The van der Waals surface area contributed by atoms with Crippen LogP contribution in [0.15, 0.2) is 176 Å². The van der Waals surface area contributed by atoms with Gasteiger partial charge in [0.2, 0.25) is 0 Å². The van der Waals surface area contributed by atoms with Crippen LogP contribution in [-0.2, 0) is 0 Å². The highest BCUT2D eigenvalue weighted by molar-refractivity contribution is 7.26. The molecule has 0 aliphatic heterocycles. The first-order chi connectivity index (χ1) is 27.3. The topological polar surface area (TPSA) is 30.7 Å². The first-order valence-corrected chi connectivity index (χ1v) is 20.1. The summed E-state index contributed by atoms with van der Waals surface area (Å²) in [6, 6.07) is 63.5. The Bertz CT molecular complexity index is 3500. The monoisotopic (exact) mass is 735 g/mol. The summed E-state index contributed by atoms with van der Waals surface area (Å²) < 4.78 is 7.30. The summed E-state index contributed by atoms with van der Waals surface area (Å²) in [6.45, 7) is 0. The van der Waals surface area contributed by atoms with E-state index in [4.69, 9.17) is 9.97 Å². The molecule has 0 fully saturated rings. The first-order valence-electron chi connectivity index (χ1n) is 18.5. The van der Waals surface area contributed by atoms with Crippen LogP contribution in [0.25, 0.3) is 113 Å². The first kappa shape index (κ1) is 30.8. The summed E-state index contributed by atoms with van der Waals surface area (Å²) in [5.41, 5.74) is 10.1. The summed E-state index contributed by atoms with van der Waals surface area (Å²) in [7, 11) is 0. The van der Waals surface area contributed by atoms with E-state index in [-0.39, 0.29) is 0 Å². The number of fused-ring (bicyclic) bond motifs is 11. The molecule has 55 heavy (non-hydrogen) atoms. The maximum Gasteiger partial charge on any atom is 0.160 e. The molecule has 0 spiro atoms. The SMILES string of the molecule is c1ccc(-c2cccc(-c3nc(-c4ccc5c(c4)sc4c(-n6c7ccccc7c7ccc8ccccc8c76)cccc45)nc4c3sc3ccccc34)c2)cc1. The Balaban J connectivity index is 1.08. The van der Waals surface area contributed by atoms with Gasteiger partial charge in [-0.3, -0.25) is 0 Å². The fourth-order valence-electron chi connectivity index (χ4n) is 8.47. The number of aromatic nitrogens is 3. The molecule has 12 aromatic rings. The van der Waals surface area contributed by atoms with Crippen molar-refractivity contribution >= 4 is 95.7 Å². The van der Waals surface area contributed by atoms with Gasteiger partial charge in [0, 0.05) is 52.8 Å². The highest BCUT2D eigenvalue weighted by atomic mass is 32.1. The number of nitrogens with zero attached hydrogens (tertiary/aromatic N) is 3. The van der Waals surface area contributed by atoms with Gasteiger partial charge in [0.1, 0.15) is 0 Å². The maximum absolute atomic E-state index is 5.39. The largest absolute Gasteiger partial charge is 0.307 e. The minimum Gasteiger partial charge on any atom is -0.307 e. The van der Waals surface area contributed by atoms with Crippen molar-refractivity contribution in [2.75, 3.05) is 0 Å². The van der Waals surface area contributed by atoms with Crippen molar-refractivity contribution in [2.45, 2.75) is 0 Å². The lowest BCUT2D eigenvalue weighted by molar-refractivity contribution is 1.21. The van der Waals surface area contributed by atoms with Crippen LogP contribution in [0.5, 0.6) is 0 Å². The van der Waals surface area contributed by atoms with Crippen molar-refractivity contribution in [2.24, 2.45) is 0 Å².